The van der Waals surface area contributed by atoms with Crippen LogP contribution in [0.4, 0.5) is 0 Å². The van der Waals surface area contributed by atoms with Gasteiger partial charge < -0.3 is 10.0 Å². The van der Waals surface area contributed by atoms with Gasteiger partial charge in [0.2, 0.25) is 5.91 Å². The maximum Gasteiger partial charge on any atom is 0.232 e. The van der Waals surface area contributed by atoms with Crippen LogP contribution in [0.5, 0.6) is 0 Å². The standard InChI is InChI=1S/C14H20ClNO2S2/c1-14(18)5-2-7-16(8-6-14)13(17)10-19-9-11-3-4-12(15)20-11/h3-4,18H,2,5-10H2,1H3. The summed E-state index contributed by atoms with van der Waals surface area (Å²) >= 11 is 9.07. The van der Waals surface area contributed by atoms with Crippen molar-refractivity contribution in [3.63, 3.8) is 0 Å². The van der Waals surface area contributed by atoms with E-state index in [1.54, 1.807) is 23.1 Å². The molecule has 2 rings (SSSR count). The van der Waals surface area contributed by atoms with E-state index in [1.165, 1.54) is 4.88 Å². The molecule has 1 fully saturated rings. The number of nitrogens with zero attached hydrogens (tertiary/aromatic N) is 1. The molecule has 0 saturated carbocycles. The molecule has 3 nitrogen and oxygen atoms in total. The lowest BCUT2D eigenvalue weighted by Gasteiger charge is -2.22. The Morgan fingerprint density at radius 3 is 3.00 bits per heavy atom. The zero-order chi connectivity index (χ0) is 14.6. The quantitative estimate of drug-likeness (QED) is 0.918. The molecular formula is C14H20ClNO2S2. The lowest BCUT2D eigenvalue weighted by molar-refractivity contribution is -0.128. The summed E-state index contributed by atoms with van der Waals surface area (Å²) in [6.07, 6.45) is 2.32. The van der Waals surface area contributed by atoms with Crippen LogP contribution in [0.1, 0.15) is 31.1 Å². The van der Waals surface area contributed by atoms with Crippen molar-refractivity contribution < 1.29 is 9.90 Å². The fourth-order valence-electron chi connectivity index (χ4n) is 2.27. The third-order valence-corrected chi connectivity index (χ3v) is 5.90. The first-order chi connectivity index (χ1) is 9.46. The Labute approximate surface area is 133 Å². The van der Waals surface area contributed by atoms with Gasteiger partial charge in [-0.2, -0.15) is 0 Å². The van der Waals surface area contributed by atoms with Crippen molar-refractivity contribution in [3.8, 4) is 0 Å². The average molecular weight is 334 g/mol. The molecule has 1 aromatic rings. The summed E-state index contributed by atoms with van der Waals surface area (Å²) < 4.78 is 0.793. The zero-order valence-corrected chi connectivity index (χ0v) is 14.0. The Kier molecular flexibility index (Phi) is 5.78. The predicted octanol–water partition coefficient (Wildman–Crippen LogP) is 3.40. The van der Waals surface area contributed by atoms with Crippen molar-refractivity contribution in [2.45, 2.75) is 37.5 Å². The van der Waals surface area contributed by atoms with Crippen LogP contribution in [0, 0.1) is 0 Å². The summed E-state index contributed by atoms with van der Waals surface area (Å²) in [4.78, 5) is 15.2. The second-order valence-corrected chi connectivity index (χ2v) is 8.22. The zero-order valence-electron chi connectivity index (χ0n) is 11.6. The minimum Gasteiger partial charge on any atom is -0.390 e. The van der Waals surface area contributed by atoms with Gasteiger partial charge in [-0.1, -0.05) is 11.6 Å². The number of thiophene rings is 1. The molecule has 0 bridgehead atoms. The van der Waals surface area contributed by atoms with E-state index in [9.17, 15) is 9.90 Å². The fraction of sp³-hybridized carbons (Fsp3) is 0.643. The van der Waals surface area contributed by atoms with Crippen LogP contribution in [-0.4, -0.2) is 40.4 Å². The van der Waals surface area contributed by atoms with Crippen molar-refractivity contribution in [1.29, 1.82) is 0 Å². The monoisotopic (exact) mass is 333 g/mol. The molecular weight excluding hydrogens is 314 g/mol. The molecule has 1 aliphatic rings. The third kappa shape index (κ3) is 4.95. The summed E-state index contributed by atoms with van der Waals surface area (Å²) in [6.45, 7) is 3.29. The van der Waals surface area contributed by atoms with E-state index in [4.69, 9.17) is 11.6 Å². The topological polar surface area (TPSA) is 40.5 Å². The van der Waals surface area contributed by atoms with Gasteiger partial charge in [-0.15, -0.1) is 23.1 Å². The Balaban J connectivity index is 1.74. The predicted molar refractivity (Wildman–Crippen MR) is 86.5 cm³/mol. The Morgan fingerprint density at radius 1 is 1.50 bits per heavy atom. The van der Waals surface area contributed by atoms with Gasteiger partial charge in [0.1, 0.15) is 0 Å². The van der Waals surface area contributed by atoms with Crippen molar-refractivity contribution in [1.82, 2.24) is 4.90 Å². The lowest BCUT2D eigenvalue weighted by atomic mass is 9.98. The van der Waals surface area contributed by atoms with E-state index in [2.05, 4.69) is 0 Å². The minimum atomic E-state index is -0.615. The van der Waals surface area contributed by atoms with Crippen LogP contribution in [0.2, 0.25) is 4.34 Å². The average Bonchev–Trinajstić information content (AvgIpc) is 2.69. The molecule has 20 heavy (non-hydrogen) atoms. The van der Waals surface area contributed by atoms with Gasteiger partial charge in [0, 0.05) is 23.7 Å². The molecule has 0 spiro atoms. The third-order valence-electron chi connectivity index (χ3n) is 3.52. The highest BCUT2D eigenvalue weighted by atomic mass is 35.5. The largest absolute Gasteiger partial charge is 0.390 e. The van der Waals surface area contributed by atoms with Crippen LogP contribution in [0.3, 0.4) is 0 Å². The maximum absolute atomic E-state index is 12.2. The molecule has 2 heterocycles. The number of carbonyl (C=O) groups excluding carboxylic acids is 1. The molecule has 0 aromatic carbocycles. The molecule has 1 aliphatic heterocycles. The number of halogens is 1. The lowest BCUT2D eigenvalue weighted by Crippen LogP contribution is -2.34. The molecule has 0 aliphatic carbocycles. The van der Waals surface area contributed by atoms with Gasteiger partial charge in [0.15, 0.2) is 0 Å². The van der Waals surface area contributed by atoms with Gasteiger partial charge in [-0.25, -0.2) is 0 Å². The van der Waals surface area contributed by atoms with Gasteiger partial charge in [0.25, 0.3) is 0 Å². The van der Waals surface area contributed by atoms with Crippen LogP contribution < -0.4 is 0 Å². The van der Waals surface area contributed by atoms with Crippen molar-refractivity contribution in [2.24, 2.45) is 0 Å². The molecule has 1 aromatic heterocycles. The summed E-state index contributed by atoms with van der Waals surface area (Å²) in [7, 11) is 0. The molecule has 0 radical (unpaired) electrons. The van der Waals surface area contributed by atoms with Crippen LogP contribution in [0.25, 0.3) is 0 Å². The van der Waals surface area contributed by atoms with Gasteiger partial charge in [0.05, 0.1) is 15.7 Å². The number of hydrogen-bond donors (Lipinski definition) is 1. The maximum atomic E-state index is 12.2. The highest BCUT2D eigenvalue weighted by Gasteiger charge is 2.26. The van der Waals surface area contributed by atoms with E-state index in [0.29, 0.717) is 18.7 Å². The number of carbonyl (C=O) groups is 1. The number of amides is 1. The molecule has 1 atom stereocenters. The Hall–Kier alpha value is -0.230. The first kappa shape index (κ1) is 16.1. The highest BCUT2D eigenvalue weighted by Crippen LogP contribution is 2.26. The highest BCUT2D eigenvalue weighted by molar-refractivity contribution is 7.99. The molecule has 1 amide bonds. The van der Waals surface area contributed by atoms with Crippen LogP contribution >= 0.6 is 34.7 Å². The number of rotatable bonds is 4. The first-order valence-corrected chi connectivity index (χ1v) is 9.13. The van der Waals surface area contributed by atoms with E-state index < -0.39 is 5.60 Å². The summed E-state index contributed by atoms with van der Waals surface area (Å²) in [6, 6.07) is 3.90. The van der Waals surface area contributed by atoms with Crippen molar-refractivity contribution in [3.05, 3.63) is 21.3 Å². The molecule has 1 unspecified atom stereocenters. The Morgan fingerprint density at radius 2 is 2.30 bits per heavy atom. The van der Waals surface area contributed by atoms with E-state index in [0.717, 1.165) is 29.5 Å². The fourth-order valence-corrected chi connectivity index (χ4v) is 4.40. The molecule has 112 valence electrons. The van der Waals surface area contributed by atoms with Crippen molar-refractivity contribution in [2.75, 3.05) is 18.8 Å². The van der Waals surface area contributed by atoms with E-state index in [-0.39, 0.29) is 5.91 Å². The molecule has 1 saturated heterocycles. The summed E-state index contributed by atoms with van der Waals surface area (Å²) in [5, 5.41) is 10.0. The second kappa shape index (κ2) is 7.16. The molecule has 1 N–H and O–H groups in total. The van der Waals surface area contributed by atoms with Gasteiger partial charge in [-0.05, 0) is 38.3 Å². The van der Waals surface area contributed by atoms with Crippen molar-refractivity contribution >= 4 is 40.6 Å². The first-order valence-electron chi connectivity index (χ1n) is 6.78. The smallest absolute Gasteiger partial charge is 0.232 e. The number of hydrogen-bond acceptors (Lipinski definition) is 4. The summed E-state index contributed by atoms with van der Waals surface area (Å²) in [5.74, 6) is 1.50. The Bertz CT molecular complexity index is 462. The van der Waals surface area contributed by atoms with Crippen LogP contribution in [-0.2, 0) is 10.5 Å². The van der Waals surface area contributed by atoms with Gasteiger partial charge in [-0.3, -0.25) is 4.79 Å². The second-order valence-electron chi connectivity index (χ2n) is 5.43. The van der Waals surface area contributed by atoms with E-state index >= 15 is 0 Å². The summed E-state index contributed by atoms with van der Waals surface area (Å²) in [5.41, 5.74) is -0.615. The van der Waals surface area contributed by atoms with Gasteiger partial charge >= 0.3 is 0 Å². The van der Waals surface area contributed by atoms with Crippen LogP contribution in [0.15, 0.2) is 12.1 Å². The number of likely N-dealkylation sites (tertiary alicyclic amines) is 1. The SMILES string of the molecule is CC1(O)CCCN(C(=O)CSCc2ccc(Cl)s2)CC1. The number of aliphatic hydroxyl groups is 1. The molecule has 6 heteroatoms. The minimum absolute atomic E-state index is 0.176. The normalized spacial score (nSPS) is 23.6. The van der Waals surface area contributed by atoms with E-state index in [1.807, 2.05) is 24.0 Å². The number of thioether (sulfide) groups is 1.